The fourth-order valence-corrected chi connectivity index (χ4v) is 5.73. The molecule has 0 unspecified atom stereocenters. The van der Waals surface area contributed by atoms with Gasteiger partial charge in [0.05, 0.1) is 18.1 Å². The Balaban J connectivity index is 1.43. The lowest BCUT2D eigenvalue weighted by molar-refractivity contribution is -0.154. The summed E-state index contributed by atoms with van der Waals surface area (Å²) in [5.74, 6) is 6.75. The molecule has 3 rings (SSSR count). The second-order valence-corrected chi connectivity index (χ2v) is 12.1. The molecule has 4 heteroatoms. The van der Waals surface area contributed by atoms with Crippen LogP contribution in [-0.2, 0) is 19.1 Å². The van der Waals surface area contributed by atoms with Gasteiger partial charge in [0, 0.05) is 24.3 Å². The lowest BCUT2D eigenvalue weighted by atomic mass is 9.94. The van der Waals surface area contributed by atoms with Crippen molar-refractivity contribution in [2.24, 2.45) is 17.8 Å². The van der Waals surface area contributed by atoms with Gasteiger partial charge in [-0.1, -0.05) is 119 Å². The molecule has 4 nitrogen and oxygen atoms in total. The topological polar surface area (TPSA) is 52.6 Å². The summed E-state index contributed by atoms with van der Waals surface area (Å²) >= 11 is 0. The minimum absolute atomic E-state index is 0.0686. The maximum atomic E-state index is 13.1. The SMILES string of the molecule is CCC[C@H](C/C(=C\c1ccccc1)C[C@@H](C)C=O)OC(=O)[C@@H](C)CCCC[C@@H]1O[C@@H](CC#Cc2ccccc2)C[C@@H]1C. The van der Waals surface area contributed by atoms with Crippen LogP contribution < -0.4 is 0 Å². The van der Waals surface area contributed by atoms with E-state index in [0.29, 0.717) is 18.8 Å². The minimum atomic E-state index is -0.173. The van der Waals surface area contributed by atoms with Crippen LogP contribution in [0.3, 0.4) is 0 Å². The first-order chi connectivity index (χ1) is 20.4. The van der Waals surface area contributed by atoms with E-state index in [9.17, 15) is 9.59 Å². The summed E-state index contributed by atoms with van der Waals surface area (Å²) in [6.45, 7) is 8.31. The standard InChI is InChI=1S/C38H50O4/c1-5-15-35(27-34(24-29(2)28-39)26-33-19-10-7-11-20-33)42-38(40)30(3)16-12-13-23-37-31(4)25-36(41-37)22-14-21-32-17-8-6-9-18-32/h6-11,17-20,26,28-31,35-37H,5,12-13,15-16,22-25,27H2,1-4H3/b34-26-/t29-,30+,31+,35-,36+,37+/m1/s1. The number of rotatable bonds is 16. The summed E-state index contributed by atoms with van der Waals surface area (Å²) in [6, 6.07) is 20.2. The number of benzene rings is 2. The molecule has 0 N–H and O–H groups in total. The summed E-state index contributed by atoms with van der Waals surface area (Å²) in [4.78, 5) is 24.4. The highest BCUT2D eigenvalue weighted by Crippen LogP contribution is 2.31. The van der Waals surface area contributed by atoms with Crippen molar-refractivity contribution in [1.82, 2.24) is 0 Å². The molecule has 0 spiro atoms. The van der Waals surface area contributed by atoms with E-state index < -0.39 is 0 Å². The van der Waals surface area contributed by atoms with E-state index in [2.05, 4.69) is 43.9 Å². The van der Waals surface area contributed by atoms with Crippen molar-refractivity contribution in [3.8, 4) is 11.8 Å². The number of hydrogen-bond donors (Lipinski definition) is 0. The molecule has 0 bridgehead atoms. The smallest absolute Gasteiger partial charge is 0.308 e. The van der Waals surface area contributed by atoms with Crippen molar-refractivity contribution >= 4 is 18.3 Å². The number of esters is 1. The van der Waals surface area contributed by atoms with Gasteiger partial charge in [-0.25, -0.2) is 0 Å². The number of ether oxygens (including phenoxy) is 2. The molecular weight excluding hydrogens is 520 g/mol. The van der Waals surface area contributed by atoms with Gasteiger partial charge in [0.2, 0.25) is 0 Å². The van der Waals surface area contributed by atoms with Crippen molar-refractivity contribution in [2.45, 2.75) is 110 Å². The van der Waals surface area contributed by atoms with E-state index in [0.717, 1.165) is 74.4 Å². The van der Waals surface area contributed by atoms with Crippen molar-refractivity contribution in [2.75, 3.05) is 0 Å². The van der Waals surface area contributed by atoms with Gasteiger partial charge < -0.3 is 14.3 Å². The fourth-order valence-electron chi connectivity index (χ4n) is 5.73. The van der Waals surface area contributed by atoms with Gasteiger partial charge in [0.25, 0.3) is 0 Å². The Hall–Kier alpha value is -3.16. The molecule has 1 saturated heterocycles. The van der Waals surface area contributed by atoms with Crippen molar-refractivity contribution < 1.29 is 19.1 Å². The van der Waals surface area contributed by atoms with Crippen LogP contribution in [0.1, 0.15) is 103 Å². The van der Waals surface area contributed by atoms with Crippen LogP contribution in [0.4, 0.5) is 0 Å². The zero-order valence-electron chi connectivity index (χ0n) is 26.1. The number of hydrogen-bond acceptors (Lipinski definition) is 4. The molecule has 6 atom stereocenters. The number of carbonyl (C=O) groups is 2. The minimum Gasteiger partial charge on any atom is -0.462 e. The summed E-state index contributed by atoms with van der Waals surface area (Å²) < 4.78 is 12.4. The Morgan fingerprint density at radius 1 is 1.02 bits per heavy atom. The van der Waals surface area contributed by atoms with E-state index in [4.69, 9.17) is 9.47 Å². The van der Waals surface area contributed by atoms with Gasteiger partial charge in [-0.05, 0) is 55.7 Å². The zero-order chi connectivity index (χ0) is 30.2. The van der Waals surface area contributed by atoms with Crippen molar-refractivity contribution in [1.29, 1.82) is 0 Å². The van der Waals surface area contributed by atoms with E-state index in [-0.39, 0.29) is 36.1 Å². The van der Waals surface area contributed by atoms with Gasteiger partial charge >= 0.3 is 5.97 Å². The molecule has 1 aliphatic rings. The second kappa shape index (κ2) is 18.4. The maximum Gasteiger partial charge on any atom is 0.308 e. The maximum absolute atomic E-state index is 13.1. The first-order valence-corrected chi connectivity index (χ1v) is 16.0. The van der Waals surface area contributed by atoms with E-state index in [1.54, 1.807) is 0 Å². The van der Waals surface area contributed by atoms with Gasteiger partial charge in [-0.15, -0.1) is 0 Å². The highest BCUT2D eigenvalue weighted by atomic mass is 16.5. The van der Waals surface area contributed by atoms with Gasteiger partial charge in [0.1, 0.15) is 12.4 Å². The average molecular weight is 571 g/mol. The van der Waals surface area contributed by atoms with Crippen LogP contribution in [-0.4, -0.2) is 30.6 Å². The molecule has 0 aliphatic carbocycles. The van der Waals surface area contributed by atoms with E-state index in [1.807, 2.05) is 62.4 Å². The largest absolute Gasteiger partial charge is 0.462 e. The van der Waals surface area contributed by atoms with Crippen molar-refractivity contribution in [3.05, 3.63) is 77.4 Å². The predicted octanol–water partition coefficient (Wildman–Crippen LogP) is 8.83. The lowest BCUT2D eigenvalue weighted by Gasteiger charge is -2.22. The van der Waals surface area contributed by atoms with Gasteiger partial charge in [0.15, 0.2) is 0 Å². The van der Waals surface area contributed by atoms with E-state index in [1.165, 1.54) is 0 Å². The summed E-state index contributed by atoms with van der Waals surface area (Å²) in [5.41, 5.74) is 3.30. The Morgan fingerprint density at radius 2 is 1.74 bits per heavy atom. The third-order valence-corrected chi connectivity index (χ3v) is 8.12. The van der Waals surface area contributed by atoms with Crippen LogP contribution in [0.25, 0.3) is 6.08 Å². The van der Waals surface area contributed by atoms with Crippen LogP contribution >= 0.6 is 0 Å². The molecule has 0 saturated carbocycles. The monoisotopic (exact) mass is 570 g/mol. The Kier molecular flexibility index (Phi) is 14.6. The number of carbonyl (C=O) groups excluding carboxylic acids is 2. The molecule has 42 heavy (non-hydrogen) atoms. The second-order valence-electron chi connectivity index (χ2n) is 12.1. The molecule has 226 valence electrons. The molecule has 1 heterocycles. The first kappa shape index (κ1) is 33.3. The number of unbranched alkanes of at least 4 members (excludes halogenated alkanes) is 1. The zero-order valence-corrected chi connectivity index (χ0v) is 26.1. The van der Waals surface area contributed by atoms with Crippen LogP contribution in [0.15, 0.2) is 66.2 Å². The highest BCUT2D eigenvalue weighted by Gasteiger charge is 2.31. The Labute approximate surface area is 254 Å². The Bertz CT molecular complexity index is 1160. The van der Waals surface area contributed by atoms with Gasteiger partial charge in [-0.2, -0.15) is 0 Å². The predicted molar refractivity (Wildman–Crippen MR) is 172 cm³/mol. The third kappa shape index (κ3) is 12.0. The van der Waals surface area contributed by atoms with Crippen molar-refractivity contribution in [3.63, 3.8) is 0 Å². The molecule has 2 aromatic carbocycles. The third-order valence-electron chi connectivity index (χ3n) is 8.12. The normalized spacial score (nSPS) is 20.7. The Morgan fingerprint density at radius 3 is 2.43 bits per heavy atom. The quantitative estimate of drug-likeness (QED) is 0.0876. The highest BCUT2D eigenvalue weighted by molar-refractivity contribution is 5.72. The number of aldehydes is 1. The van der Waals surface area contributed by atoms with E-state index >= 15 is 0 Å². The summed E-state index contributed by atoms with van der Waals surface area (Å²) in [7, 11) is 0. The average Bonchev–Trinajstić information content (AvgIpc) is 3.34. The first-order valence-electron chi connectivity index (χ1n) is 16.0. The van der Waals surface area contributed by atoms with Gasteiger partial charge in [-0.3, -0.25) is 4.79 Å². The lowest BCUT2D eigenvalue weighted by Crippen LogP contribution is -2.24. The van der Waals surface area contributed by atoms with Crippen LogP contribution in [0.2, 0.25) is 0 Å². The fraction of sp³-hybridized carbons (Fsp3) is 0.526. The van der Waals surface area contributed by atoms with Crippen LogP contribution in [0, 0.1) is 29.6 Å². The molecular formula is C38H50O4. The summed E-state index contributed by atoms with van der Waals surface area (Å²) in [5, 5.41) is 0. The molecule has 2 aromatic rings. The molecule has 0 aromatic heterocycles. The van der Waals surface area contributed by atoms with Crippen LogP contribution in [0.5, 0.6) is 0 Å². The molecule has 0 radical (unpaired) electrons. The summed E-state index contributed by atoms with van der Waals surface area (Å²) in [6.07, 6.45) is 12.2. The molecule has 0 amide bonds. The molecule has 1 aliphatic heterocycles. The molecule has 1 fully saturated rings.